The Morgan fingerprint density at radius 2 is 1.72 bits per heavy atom. The monoisotopic (exact) mass is 441 g/mol. The summed E-state index contributed by atoms with van der Waals surface area (Å²) in [5.74, 6) is 0.141. The second-order valence-electron chi connectivity index (χ2n) is 8.28. The fourth-order valence-corrected chi connectivity index (χ4v) is 3.93. The molecule has 2 amide bonds. The number of ether oxygens (including phenoxy) is 2. The molecular formula is C24H31N3O5. The molecule has 0 aliphatic carbocycles. The van der Waals surface area contributed by atoms with Gasteiger partial charge in [-0.25, -0.2) is 4.79 Å². The number of aromatic nitrogens is 1. The van der Waals surface area contributed by atoms with Crippen LogP contribution in [0.5, 0.6) is 5.75 Å². The Hall–Kier alpha value is -3.29. The zero-order valence-corrected chi connectivity index (χ0v) is 19.4. The molecule has 2 aromatic rings. The van der Waals surface area contributed by atoms with Crippen molar-refractivity contribution in [3.63, 3.8) is 0 Å². The van der Waals surface area contributed by atoms with Gasteiger partial charge in [-0.05, 0) is 51.0 Å². The van der Waals surface area contributed by atoms with Crippen LogP contribution in [0.15, 0.2) is 24.3 Å². The Bertz CT molecular complexity index is 1000. The number of methoxy groups -OCH3 is 1. The minimum atomic E-state index is -0.432. The molecule has 0 saturated carbocycles. The van der Waals surface area contributed by atoms with E-state index in [-0.39, 0.29) is 17.9 Å². The number of esters is 1. The van der Waals surface area contributed by atoms with E-state index in [4.69, 9.17) is 9.47 Å². The summed E-state index contributed by atoms with van der Waals surface area (Å²) in [7, 11) is 1.60. The molecular weight excluding hydrogens is 410 g/mol. The zero-order chi connectivity index (χ0) is 23.4. The van der Waals surface area contributed by atoms with E-state index in [2.05, 4.69) is 4.98 Å². The first-order valence-corrected chi connectivity index (χ1v) is 10.8. The van der Waals surface area contributed by atoms with Crippen LogP contribution in [0.1, 0.15) is 51.5 Å². The van der Waals surface area contributed by atoms with Crippen molar-refractivity contribution >= 4 is 17.8 Å². The predicted molar refractivity (Wildman–Crippen MR) is 120 cm³/mol. The molecule has 2 heterocycles. The maximum atomic E-state index is 13.1. The van der Waals surface area contributed by atoms with Gasteiger partial charge in [0.15, 0.2) is 0 Å². The Morgan fingerprint density at radius 3 is 2.34 bits per heavy atom. The number of hydrogen-bond acceptors (Lipinski definition) is 5. The highest BCUT2D eigenvalue weighted by atomic mass is 16.5. The van der Waals surface area contributed by atoms with Crippen LogP contribution in [0.3, 0.4) is 0 Å². The van der Waals surface area contributed by atoms with Crippen LogP contribution in [0.4, 0.5) is 0 Å². The molecule has 8 nitrogen and oxygen atoms in total. The number of aryl methyl sites for hydroxylation is 1. The molecule has 1 aliphatic heterocycles. The highest BCUT2D eigenvalue weighted by molar-refractivity contribution is 6.00. The summed E-state index contributed by atoms with van der Waals surface area (Å²) in [5, 5.41) is 0. The smallest absolute Gasteiger partial charge is 0.340 e. The molecule has 1 aromatic carbocycles. The number of rotatable bonds is 6. The number of nitrogens with one attached hydrogen (secondary N) is 1. The lowest BCUT2D eigenvalue weighted by Crippen LogP contribution is -2.51. The maximum absolute atomic E-state index is 13.1. The Morgan fingerprint density at radius 1 is 1.06 bits per heavy atom. The highest BCUT2D eigenvalue weighted by Gasteiger charge is 2.29. The van der Waals surface area contributed by atoms with Crippen LogP contribution in [0, 0.1) is 13.8 Å². The average molecular weight is 442 g/mol. The zero-order valence-electron chi connectivity index (χ0n) is 19.4. The summed E-state index contributed by atoms with van der Waals surface area (Å²) in [6.45, 7) is 8.90. The molecule has 32 heavy (non-hydrogen) atoms. The van der Waals surface area contributed by atoms with Crippen molar-refractivity contribution in [2.45, 2.75) is 40.2 Å². The molecule has 3 rings (SSSR count). The summed E-state index contributed by atoms with van der Waals surface area (Å²) >= 11 is 0. The number of benzene rings is 1. The summed E-state index contributed by atoms with van der Waals surface area (Å²) in [5.41, 5.74) is 2.91. The lowest BCUT2D eigenvalue weighted by atomic mass is 10.1. The quantitative estimate of drug-likeness (QED) is 0.696. The van der Waals surface area contributed by atoms with Crippen molar-refractivity contribution in [3.8, 4) is 5.75 Å². The average Bonchev–Trinajstić information content (AvgIpc) is 3.06. The van der Waals surface area contributed by atoms with E-state index >= 15 is 0 Å². The fourth-order valence-electron chi connectivity index (χ4n) is 3.93. The third kappa shape index (κ3) is 5.12. The summed E-state index contributed by atoms with van der Waals surface area (Å²) < 4.78 is 10.5. The second-order valence-corrected chi connectivity index (χ2v) is 8.28. The van der Waals surface area contributed by atoms with E-state index in [1.807, 2.05) is 24.3 Å². The van der Waals surface area contributed by atoms with Crippen molar-refractivity contribution in [2.24, 2.45) is 0 Å². The summed E-state index contributed by atoms with van der Waals surface area (Å²) in [6, 6.07) is 7.47. The summed E-state index contributed by atoms with van der Waals surface area (Å²) in [6.07, 6.45) is 0.0550. The van der Waals surface area contributed by atoms with Gasteiger partial charge in [0.2, 0.25) is 5.91 Å². The van der Waals surface area contributed by atoms with Crippen LogP contribution in [-0.4, -0.2) is 72.0 Å². The SMILES string of the molecule is COc1cccc(CC(=O)N2CCN(C(=O)c3[nH]c(C)c(C(=O)OC(C)C)c3C)CC2)c1. The molecule has 0 atom stereocenters. The van der Waals surface area contributed by atoms with Gasteiger partial charge in [-0.1, -0.05) is 12.1 Å². The van der Waals surface area contributed by atoms with Gasteiger partial charge in [0.1, 0.15) is 11.4 Å². The fraction of sp³-hybridized carbons (Fsp3) is 0.458. The normalized spacial score (nSPS) is 13.9. The molecule has 1 aliphatic rings. The molecule has 8 heteroatoms. The van der Waals surface area contributed by atoms with E-state index in [0.717, 1.165) is 11.3 Å². The first-order valence-electron chi connectivity index (χ1n) is 10.8. The van der Waals surface area contributed by atoms with Gasteiger partial charge >= 0.3 is 5.97 Å². The van der Waals surface area contributed by atoms with Crippen LogP contribution in [0.2, 0.25) is 0 Å². The molecule has 0 radical (unpaired) electrons. The van der Waals surface area contributed by atoms with E-state index < -0.39 is 5.97 Å². The molecule has 0 spiro atoms. The van der Waals surface area contributed by atoms with Crippen LogP contribution >= 0.6 is 0 Å². The topological polar surface area (TPSA) is 91.9 Å². The van der Waals surface area contributed by atoms with Gasteiger partial charge < -0.3 is 24.3 Å². The molecule has 0 bridgehead atoms. The van der Waals surface area contributed by atoms with Crippen LogP contribution in [0.25, 0.3) is 0 Å². The number of carbonyl (C=O) groups excluding carboxylic acids is 3. The molecule has 1 N–H and O–H groups in total. The minimum absolute atomic E-state index is 0.0240. The number of carbonyl (C=O) groups is 3. The van der Waals surface area contributed by atoms with Gasteiger partial charge in [-0.2, -0.15) is 0 Å². The first-order chi connectivity index (χ1) is 15.2. The minimum Gasteiger partial charge on any atom is -0.497 e. The van der Waals surface area contributed by atoms with Crippen molar-refractivity contribution in [3.05, 3.63) is 52.3 Å². The summed E-state index contributed by atoms with van der Waals surface area (Å²) in [4.78, 5) is 44.7. The lowest BCUT2D eigenvalue weighted by molar-refractivity contribution is -0.131. The first kappa shape index (κ1) is 23.4. The molecule has 1 fully saturated rings. The van der Waals surface area contributed by atoms with Crippen molar-refractivity contribution in [2.75, 3.05) is 33.3 Å². The van der Waals surface area contributed by atoms with Crippen LogP contribution < -0.4 is 4.74 Å². The van der Waals surface area contributed by atoms with E-state index in [1.165, 1.54) is 0 Å². The van der Waals surface area contributed by atoms with Gasteiger partial charge in [0, 0.05) is 31.9 Å². The third-order valence-corrected chi connectivity index (χ3v) is 5.61. The number of aromatic amines is 1. The van der Waals surface area contributed by atoms with E-state index in [9.17, 15) is 14.4 Å². The van der Waals surface area contributed by atoms with E-state index in [1.54, 1.807) is 44.6 Å². The molecule has 1 aromatic heterocycles. The van der Waals surface area contributed by atoms with Crippen molar-refractivity contribution in [1.29, 1.82) is 0 Å². The van der Waals surface area contributed by atoms with Gasteiger partial charge in [-0.15, -0.1) is 0 Å². The number of piperazine rings is 1. The number of amides is 2. The maximum Gasteiger partial charge on any atom is 0.340 e. The Balaban J connectivity index is 1.62. The van der Waals surface area contributed by atoms with Crippen molar-refractivity contribution < 1.29 is 23.9 Å². The number of H-pyrrole nitrogens is 1. The van der Waals surface area contributed by atoms with Gasteiger partial charge in [0.05, 0.1) is 25.2 Å². The standard InChI is InChI=1S/C24H31N3O5/c1-15(2)32-24(30)21-16(3)22(25-17(21)4)23(29)27-11-9-26(10-12-27)20(28)14-18-7-6-8-19(13-18)31-5/h6-8,13,15,25H,9-12,14H2,1-5H3. The lowest BCUT2D eigenvalue weighted by Gasteiger charge is -2.34. The molecule has 0 unspecified atom stereocenters. The predicted octanol–water partition coefficient (Wildman–Crippen LogP) is 2.73. The third-order valence-electron chi connectivity index (χ3n) is 5.61. The Kier molecular flexibility index (Phi) is 7.22. The van der Waals surface area contributed by atoms with Crippen molar-refractivity contribution in [1.82, 2.24) is 14.8 Å². The largest absolute Gasteiger partial charge is 0.497 e. The number of hydrogen-bond donors (Lipinski definition) is 1. The molecule has 172 valence electrons. The van der Waals surface area contributed by atoms with E-state index in [0.29, 0.717) is 55.1 Å². The van der Waals surface area contributed by atoms with Gasteiger partial charge in [-0.3, -0.25) is 9.59 Å². The highest BCUT2D eigenvalue weighted by Crippen LogP contribution is 2.22. The van der Waals surface area contributed by atoms with Gasteiger partial charge in [0.25, 0.3) is 5.91 Å². The second kappa shape index (κ2) is 9.89. The van der Waals surface area contributed by atoms with Crippen LogP contribution in [-0.2, 0) is 16.0 Å². The Labute approximate surface area is 188 Å². The number of nitrogens with zero attached hydrogens (tertiary/aromatic N) is 2. The molecule has 1 saturated heterocycles.